The van der Waals surface area contributed by atoms with Crippen molar-refractivity contribution in [3.8, 4) is 0 Å². The quantitative estimate of drug-likeness (QED) is 0.319. The van der Waals surface area contributed by atoms with E-state index < -0.39 is 64.2 Å². The number of hydrogen-bond acceptors (Lipinski definition) is 8. The number of alkyl halides is 1. The highest BCUT2D eigenvalue weighted by Gasteiger charge is 2.49. The molecule has 0 unspecified atom stereocenters. The molecule has 0 spiro atoms. The molecule has 0 bridgehead atoms. The lowest BCUT2D eigenvalue weighted by molar-refractivity contribution is -0.0916. The molecule has 0 amide bonds. The number of esters is 2. The van der Waals surface area contributed by atoms with Gasteiger partial charge in [-0.1, -0.05) is 64.1 Å². The number of nitrogens with one attached hydrogen (secondary N) is 1. The van der Waals surface area contributed by atoms with Gasteiger partial charge in [0.1, 0.15) is 24.8 Å². The maximum Gasteiger partial charge on any atom is 0.338 e. The molecular weight excluding hydrogens is 551 g/mol. The fourth-order valence-corrected chi connectivity index (χ4v) is 5.39. The number of hydrogen-bond donors (Lipinski definition) is 2. The Bertz CT molecular complexity index is 1450. The number of rotatable bonds is 11. The molecule has 11 heteroatoms. The largest absolute Gasteiger partial charge is 0.461 e. The van der Waals surface area contributed by atoms with Crippen LogP contribution in [0.1, 0.15) is 59.3 Å². The van der Waals surface area contributed by atoms with E-state index in [0.29, 0.717) is 0 Å². The summed E-state index contributed by atoms with van der Waals surface area (Å²) in [5.41, 5.74) is -2.65. The Balaban J connectivity index is 1.99. The van der Waals surface area contributed by atoms with Crippen LogP contribution >= 0.6 is 11.8 Å². The Kier molecular flexibility index (Phi) is 10.3. The minimum atomic E-state index is -2.04. The molecule has 0 saturated carbocycles. The van der Waals surface area contributed by atoms with Gasteiger partial charge in [0.05, 0.1) is 22.6 Å². The van der Waals surface area contributed by atoms with Crippen molar-refractivity contribution in [3.63, 3.8) is 0 Å². The first-order valence-electron chi connectivity index (χ1n) is 13.0. The number of aromatic amines is 1. The Morgan fingerprint density at radius 2 is 1.46 bits per heavy atom. The van der Waals surface area contributed by atoms with Crippen LogP contribution < -0.4 is 11.2 Å². The number of aliphatic hydroxyl groups excluding tert-OH is 1. The van der Waals surface area contributed by atoms with E-state index in [1.54, 1.807) is 36.4 Å². The number of aliphatic hydroxyl groups is 1. The van der Waals surface area contributed by atoms with Gasteiger partial charge in [0.2, 0.25) is 0 Å². The summed E-state index contributed by atoms with van der Waals surface area (Å²) in [6.45, 7) is 7.10. The third-order valence-electron chi connectivity index (χ3n) is 6.44. The summed E-state index contributed by atoms with van der Waals surface area (Å²) in [7, 11) is 0. The molecule has 41 heavy (non-hydrogen) atoms. The van der Waals surface area contributed by atoms with E-state index >= 15 is 4.39 Å². The number of aromatic nitrogens is 2. The predicted octanol–water partition coefficient (Wildman–Crippen LogP) is 4.29. The summed E-state index contributed by atoms with van der Waals surface area (Å²) in [4.78, 5) is 52.4. The lowest BCUT2D eigenvalue weighted by Gasteiger charge is -2.41. The summed E-state index contributed by atoms with van der Waals surface area (Å²) in [6, 6.07) is 16.2. The number of thioether (sulfide) groups is 1. The van der Waals surface area contributed by atoms with Crippen LogP contribution in [0.2, 0.25) is 0 Å². The Labute approximate surface area is 241 Å². The minimum Gasteiger partial charge on any atom is -0.461 e. The normalized spacial score (nSPS) is 15.3. The van der Waals surface area contributed by atoms with E-state index in [0.717, 1.165) is 16.3 Å². The molecule has 9 nitrogen and oxygen atoms in total. The zero-order valence-corrected chi connectivity index (χ0v) is 24.4. The van der Waals surface area contributed by atoms with E-state index in [9.17, 15) is 24.3 Å². The summed E-state index contributed by atoms with van der Waals surface area (Å²) < 4.78 is 28.2. The average molecular weight is 587 g/mol. The van der Waals surface area contributed by atoms with Crippen LogP contribution in [0.4, 0.5) is 4.39 Å². The first-order chi connectivity index (χ1) is 19.2. The van der Waals surface area contributed by atoms with Crippen LogP contribution in [-0.4, -0.2) is 56.8 Å². The number of carbonyl (C=O) groups is 2. The van der Waals surface area contributed by atoms with Crippen LogP contribution in [0.3, 0.4) is 0 Å². The van der Waals surface area contributed by atoms with Gasteiger partial charge >= 0.3 is 17.6 Å². The van der Waals surface area contributed by atoms with Gasteiger partial charge in [-0.15, -0.1) is 11.8 Å². The highest BCUT2D eigenvalue weighted by atomic mass is 32.2. The van der Waals surface area contributed by atoms with Gasteiger partial charge in [-0.05, 0) is 31.2 Å². The first kappa shape index (κ1) is 31.8. The third-order valence-corrected chi connectivity index (χ3v) is 7.86. The molecular formula is C30H35FN2O7S. The van der Waals surface area contributed by atoms with E-state index in [1.807, 2.05) is 20.8 Å². The molecule has 0 fully saturated rings. The van der Waals surface area contributed by atoms with Crippen molar-refractivity contribution in [2.75, 3.05) is 13.2 Å². The molecule has 2 N–H and O–H groups in total. The first-order valence-corrected chi connectivity index (χ1v) is 13.9. The van der Waals surface area contributed by atoms with Gasteiger partial charge in [0, 0.05) is 16.5 Å². The van der Waals surface area contributed by atoms with Crippen LogP contribution in [0.5, 0.6) is 0 Å². The number of benzene rings is 2. The molecule has 4 atom stereocenters. The van der Waals surface area contributed by atoms with Crippen molar-refractivity contribution in [2.24, 2.45) is 5.41 Å². The van der Waals surface area contributed by atoms with Gasteiger partial charge in [-0.25, -0.2) is 18.8 Å². The molecule has 0 saturated heterocycles. The number of H-pyrrole nitrogens is 1. The number of ether oxygens (including phenoxy) is 2. The highest BCUT2D eigenvalue weighted by molar-refractivity contribution is 8.00. The van der Waals surface area contributed by atoms with Crippen molar-refractivity contribution in [3.05, 3.63) is 104 Å². The summed E-state index contributed by atoms with van der Waals surface area (Å²) >= 11 is 1.09. The monoisotopic (exact) mass is 586 g/mol. The lowest BCUT2D eigenvalue weighted by Crippen LogP contribution is -2.51. The average Bonchev–Trinajstić information content (AvgIpc) is 2.95. The van der Waals surface area contributed by atoms with Crippen molar-refractivity contribution < 1.29 is 28.6 Å². The second-order valence-corrected chi connectivity index (χ2v) is 12.9. The second kappa shape index (κ2) is 13.3. The van der Waals surface area contributed by atoms with Crippen molar-refractivity contribution in [1.82, 2.24) is 9.55 Å². The SMILES string of the molecule is Cc1cn([C@@H](SC(C)(C)C)[C@H](F)[C@](C)(COC(=O)c2ccccc2)[C@H](O)COC(=O)c2ccccc2)c(=O)[nH]c1=O. The fourth-order valence-electron chi connectivity index (χ4n) is 3.96. The highest BCUT2D eigenvalue weighted by Crippen LogP contribution is 2.45. The van der Waals surface area contributed by atoms with Crippen LogP contribution in [-0.2, 0) is 9.47 Å². The zero-order chi connectivity index (χ0) is 30.4. The van der Waals surface area contributed by atoms with E-state index in [2.05, 4.69) is 4.98 Å². The Morgan fingerprint density at radius 1 is 0.951 bits per heavy atom. The lowest BCUT2D eigenvalue weighted by atomic mass is 9.80. The van der Waals surface area contributed by atoms with Crippen molar-refractivity contribution in [1.29, 1.82) is 0 Å². The van der Waals surface area contributed by atoms with Gasteiger partial charge < -0.3 is 14.6 Å². The van der Waals surface area contributed by atoms with Crippen molar-refractivity contribution >= 4 is 23.7 Å². The molecule has 220 valence electrons. The maximum atomic E-state index is 16.9. The van der Waals surface area contributed by atoms with Gasteiger partial charge in [0.25, 0.3) is 5.56 Å². The van der Waals surface area contributed by atoms with E-state index in [1.165, 1.54) is 44.3 Å². The second-order valence-electron chi connectivity index (χ2n) is 10.9. The number of aryl methyl sites for hydroxylation is 1. The molecule has 0 aliphatic carbocycles. The molecule has 0 aliphatic heterocycles. The van der Waals surface area contributed by atoms with Gasteiger partial charge in [-0.2, -0.15) is 0 Å². The molecule has 1 aromatic heterocycles. The van der Waals surface area contributed by atoms with Crippen LogP contribution in [0.25, 0.3) is 0 Å². The fraction of sp³-hybridized carbons (Fsp3) is 0.400. The topological polar surface area (TPSA) is 128 Å². The zero-order valence-electron chi connectivity index (χ0n) is 23.6. The molecule has 0 radical (unpaired) electrons. The Hall–Kier alpha value is -3.70. The summed E-state index contributed by atoms with van der Waals surface area (Å²) in [5, 5.41) is 10.1. The molecule has 2 aromatic carbocycles. The van der Waals surface area contributed by atoms with Crippen LogP contribution in [0.15, 0.2) is 76.4 Å². The summed E-state index contributed by atoms with van der Waals surface area (Å²) in [6.07, 6.45) is -2.44. The molecule has 3 rings (SSSR count). The van der Waals surface area contributed by atoms with E-state index in [-0.39, 0.29) is 16.7 Å². The third kappa shape index (κ3) is 8.17. The van der Waals surface area contributed by atoms with Gasteiger partial charge in [0.15, 0.2) is 0 Å². The van der Waals surface area contributed by atoms with E-state index in [4.69, 9.17) is 9.47 Å². The van der Waals surface area contributed by atoms with Crippen LogP contribution in [0, 0.1) is 12.3 Å². The van der Waals surface area contributed by atoms with Crippen molar-refractivity contribution in [2.45, 2.75) is 57.0 Å². The Morgan fingerprint density at radius 3 is 1.98 bits per heavy atom. The molecule has 0 aliphatic rings. The van der Waals surface area contributed by atoms with Gasteiger partial charge in [-0.3, -0.25) is 14.3 Å². The smallest absolute Gasteiger partial charge is 0.338 e. The maximum absolute atomic E-state index is 16.9. The summed E-state index contributed by atoms with van der Waals surface area (Å²) in [5.74, 6) is -1.47. The molecule has 1 heterocycles. The minimum absolute atomic E-state index is 0.186. The number of carbonyl (C=O) groups excluding carboxylic acids is 2. The number of nitrogens with zero attached hydrogens (tertiary/aromatic N) is 1. The number of halogens is 1. The predicted molar refractivity (Wildman–Crippen MR) is 155 cm³/mol. The standard InChI is InChI=1S/C30H35FN2O7S/c1-19-16-33(28(38)32-24(19)35)25(41-29(2,3)4)23(31)30(5,18-40-27(37)21-14-10-7-11-15-21)22(34)17-39-26(36)20-12-8-6-9-13-20/h6-16,22-23,25,34H,17-18H2,1-5H3,(H,32,35,38)/t22-,23+,25+,30-/m1/s1. The molecule has 3 aromatic rings.